The fourth-order valence-corrected chi connectivity index (χ4v) is 3.35. The van der Waals surface area contributed by atoms with E-state index in [1.807, 2.05) is 0 Å². The van der Waals surface area contributed by atoms with E-state index in [0.29, 0.717) is 17.2 Å². The lowest BCUT2D eigenvalue weighted by atomic mass is 10.2. The van der Waals surface area contributed by atoms with E-state index >= 15 is 0 Å². The minimum atomic E-state index is -5.06. The molecule has 192 valence electrons. The summed E-state index contributed by atoms with van der Waals surface area (Å²) in [5.41, 5.74) is -1.44. The first kappa shape index (κ1) is 25.4. The molecule has 11 heteroatoms. The Bertz CT molecular complexity index is 1490. The average molecular weight is 516 g/mol. The van der Waals surface area contributed by atoms with E-state index < -0.39 is 34.7 Å². The highest BCUT2D eigenvalue weighted by atomic mass is 19.4. The third kappa shape index (κ3) is 5.45. The van der Waals surface area contributed by atoms with Gasteiger partial charge in [-0.05, 0) is 48.5 Å². The predicted molar refractivity (Wildman–Crippen MR) is 125 cm³/mol. The van der Waals surface area contributed by atoms with Crippen LogP contribution in [0.15, 0.2) is 69.9 Å². The topological polar surface area (TPSA) is 93.4 Å². The van der Waals surface area contributed by atoms with Crippen LogP contribution in [0.4, 0.5) is 13.2 Å². The Hall–Kier alpha value is -4.67. The Morgan fingerprint density at radius 2 is 1.32 bits per heavy atom. The first-order valence-electron chi connectivity index (χ1n) is 10.6. The molecule has 0 unspecified atom stereocenters. The molecule has 0 aliphatic heterocycles. The summed E-state index contributed by atoms with van der Waals surface area (Å²) in [5.74, 6) is -2.58. The molecule has 1 heterocycles. The van der Waals surface area contributed by atoms with Crippen LogP contribution in [-0.2, 0) is 6.18 Å². The van der Waals surface area contributed by atoms with Crippen molar-refractivity contribution in [3.63, 3.8) is 0 Å². The molecule has 0 radical (unpaired) electrons. The minimum Gasteiger partial charge on any atom is -0.497 e. The zero-order valence-electron chi connectivity index (χ0n) is 19.7. The summed E-state index contributed by atoms with van der Waals surface area (Å²) < 4.78 is 72.3. The lowest BCUT2D eigenvalue weighted by Crippen LogP contribution is -2.15. The summed E-state index contributed by atoms with van der Waals surface area (Å²) in [7, 11) is 4.23. The Morgan fingerprint density at radius 3 is 1.89 bits per heavy atom. The molecular weight excluding hydrogens is 497 g/mol. The number of halogens is 3. The first-order valence-corrected chi connectivity index (χ1v) is 10.6. The molecule has 4 aromatic rings. The number of hydrogen-bond acceptors (Lipinski definition) is 8. The van der Waals surface area contributed by atoms with Crippen LogP contribution < -0.4 is 29.1 Å². The third-order valence-corrected chi connectivity index (χ3v) is 5.16. The second-order valence-corrected chi connectivity index (χ2v) is 7.51. The number of alkyl halides is 3. The quantitative estimate of drug-likeness (QED) is 0.223. The minimum absolute atomic E-state index is 0.0304. The summed E-state index contributed by atoms with van der Waals surface area (Å²) >= 11 is 0. The van der Waals surface area contributed by atoms with Gasteiger partial charge in [0.2, 0.25) is 11.2 Å². The van der Waals surface area contributed by atoms with Gasteiger partial charge >= 0.3 is 12.1 Å². The van der Waals surface area contributed by atoms with Crippen molar-refractivity contribution in [3.8, 4) is 34.5 Å². The lowest BCUT2D eigenvalue weighted by Gasteiger charge is -2.14. The van der Waals surface area contributed by atoms with E-state index in [1.54, 1.807) is 6.07 Å². The van der Waals surface area contributed by atoms with E-state index in [2.05, 4.69) is 0 Å². The van der Waals surface area contributed by atoms with Gasteiger partial charge < -0.3 is 28.1 Å². The van der Waals surface area contributed by atoms with E-state index in [4.69, 9.17) is 28.1 Å². The summed E-state index contributed by atoms with van der Waals surface area (Å²) in [6.45, 7) is 0. The maximum absolute atomic E-state index is 13.8. The van der Waals surface area contributed by atoms with Crippen LogP contribution in [0.25, 0.3) is 11.0 Å². The highest BCUT2D eigenvalue weighted by molar-refractivity contribution is 5.92. The molecule has 0 N–H and O–H groups in total. The fraction of sp³-hybridized carbons (Fsp3) is 0.154. The zero-order chi connectivity index (χ0) is 26.7. The van der Waals surface area contributed by atoms with Crippen molar-refractivity contribution < 1.29 is 46.1 Å². The number of ether oxygens (including phenoxy) is 5. The van der Waals surface area contributed by atoms with Crippen molar-refractivity contribution in [2.24, 2.45) is 0 Å². The van der Waals surface area contributed by atoms with Crippen molar-refractivity contribution in [3.05, 3.63) is 82.2 Å². The van der Waals surface area contributed by atoms with Crippen LogP contribution in [0.2, 0.25) is 0 Å². The van der Waals surface area contributed by atoms with Gasteiger partial charge in [-0.2, -0.15) is 13.2 Å². The summed E-state index contributed by atoms with van der Waals surface area (Å²) in [4.78, 5) is 25.6. The van der Waals surface area contributed by atoms with Gasteiger partial charge in [0.15, 0.2) is 0 Å². The third-order valence-electron chi connectivity index (χ3n) is 5.16. The molecule has 37 heavy (non-hydrogen) atoms. The number of benzene rings is 3. The lowest BCUT2D eigenvalue weighted by molar-refractivity contribution is -0.154. The number of carbonyl (C=O) groups is 1. The van der Waals surface area contributed by atoms with Crippen LogP contribution in [0, 0.1) is 0 Å². The fourth-order valence-electron chi connectivity index (χ4n) is 3.35. The van der Waals surface area contributed by atoms with Crippen molar-refractivity contribution >= 4 is 16.9 Å². The van der Waals surface area contributed by atoms with Crippen LogP contribution in [0.5, 0.6) is 34.5 Å². The number of hydrogen-bond donors (Lipinski definition) is 0. The van der Waals surface area contributed by atoms with Crippen LogP contribution in [-0.4, -0.2) is 27.3 Å². The average Bonchev–Trinajstić information content (AvgIpc) is 2.89. The molecule has 0 aliphatic carbocycles. The van der Waals surface area contributed by atoms with Crippen LogP contribution in [0.1, 0.15) is 16.1 Å². The summed E-state index contributed by atoms with van der Waals surface area (Å²) in [5, 5.41) is -0.209. The predicted octanol–water partition coefficient (Wildman–Crippen LogP) is 5.85. The highest BCUT2D eigenvalue weighted by Crippen LogP contribution is 2.39. The number of fused-ring (bicyclic) bond motifs is 1. The Labute approximate surface area is 207 Å². The van der Waals surface area contributed by atoms with E-state index in [-0.39, 0.29) is 22.4 Å². The summed E-state index contributed by atoms with van der Waals surface area (Å²) in [6.07, 6.45) is -5.06. The molecule has 0 saturated carbocycles. The second kappa shape index (κ2) is 10.1. The standard InChI is InChI=1S/C26H19F3O8/c1-32-15-4-6-16(7-5-15)35-23-22(30)20-9-8-17(13-21(20)37-24(23)26(27,28)29)36-25(31)14-10-18(33-2)12-19(11-14)34-3/h4-13H,1-3H3. The maximum Gasteiger partial charge on any atom is 0.453 e. The molecular formula is C26H19F3O8. The molecule has 0 spiro atoms. The van der Waals surface area contributed by atoms with E-state index in [1.165, 1.54) is 69.9 Å². The van der Waals surface area contributed by atoms with Crippen molar-refractivity contribution in [2.75, 3.05) is 21.3 Å². The van der Waals surface area contributed by atoms with Gasteiger partial charge in [0.05, 0.1) is 32.3 Å². The number of esters is 1. The van der Waals surface area contributed by atoms with E-state index in [0.717, 1.165) is 6.07 Å². The van der Waals surface area contributed by atoms with Crippen molar-refractivity contribution in [1.29, 1.82) is 0 Å². The van der Waals surface area contributed by atoms with E-state index in [9.17, 15) is 22.8 Å². The van der Waals surface area contributed by atoms with Gasteiger partial charge in [-0.1, -0.05) is 0 Å². The molecule has 0 aliphatic rings. The molecule has 4 rings (SSSR count). The monoisotopic (exact) mass is 516 g/mol. The van der Waals surface area contributed by atoms with Gasteiger partial charge in [0.25, 0.3) is 5.76 Å². The normalized spacial score (nSPS) is 11.2. The van der Waals surface area contributed by atoms with Crippen molar-refractivity contribution in [2.45, 2.75) is 6.18 Å². The largest absolute Gasteiger partial charge is 0.497 e. The Balaban J connectivity index is 1.71. The molecule has 0 fully saturated rings. The second-order valence-electron chi connectivity index (χ2n) is 7.51. The number of carbonyl (C=O) groups excluding carboxylic acids is 1. The zero-order valence-corrected chi connectivity index (χ0v) is 19.7. The SMILES string of the molecule is COc1ccc(Oc2c(C(F)(F)F)oc3cc(OC(=O)c4cc(OC)cc(OC)c4)ccc3c2=O)cc1. The van der Waals surface area contributed by atoms with Gasteiger partial charge in [0, 0.05) is 12.1 Å². The highest BCUT2D eigenvalue weighted by Gasteiger charge is 2.40. The van der Waals surface area contributed by atoms with Crippen molar-refractivity contribution in [1.82, 2.24) is 0 Å². The molecule has 1 aromatic heterocycles. The molecule has 0 amide bonds. The molecule has 3 aromatic carbocycles. The molecule has 0 atom stereocenters. The van der Waals surface area contributed by atoms with Gasteiger partial charge in [-0.25, -0.2) is 4.79 Å². The Kier molecular flexibility index (Phi) is 6.96. The van der Waals surface area contributed by atoms with Gasteiger partial charge in [-0.3, -0.25) is 4.79 Å². The summed E-state index contributed by atoms with van der Waals surface area (Å²) in [6, 6.07) is 13.4. The smallest absolute Gasteiger partial charge is 0.453 e. The Morgan fingerprint density at radius 1 is 0.757 bits per heavy atom. The molecule has 0 saturated heterocycles. The van der Waals surface area contributed by atoms with Crippen LogP contribution in [0.3, 0.4) is 0 Å². The first-order chi connectivity index (χ1) is 17.6. The molecule has 8 nitrogen and oxygen atoms in total. The number of methoxy groups -OCH3 is 3. The van der Waals surface area contributed by atoms with Gasteiger partial charge in [0.1, 0.15) is 34.3 Å². The molecule has 0 bridgehead atoms. The van der Waals surface area contributed by atoms with Crippen LogP contribution >= 0.6 is 0 Å². The maximum atomic E-state index is 13.8. The van der Waals surface area contributed by atoms with Gasteiger partial charge in [-0.15, -0.1) is 0 Å². The number of rotatable bonds is 7.